The van der Waals surface area contributed by atoms with E-state index in [1.165, 1.54) is 17.7 Å². The summed E-state index contributed by atoms with van der Waals surface area (Å²) in [5, 5.41) is 3.25. The molecule has 0 atom stereocenters. The fraction of sp³-hybridized carbons (Fsp3) is 0.700. The first-order valence-corrected chi connectivity index (χ1v) is 5.99. The van der Waals surface area contributed by atoms with Crippen molar-refractivity contribution in [3.05, 3.63) is 10.6 Å². The highest BCUT2D eigenvalue weighted by molar-refractivity contribution is 8.03. The Bertz CT molecular complexity index is 247. The maximum Gasteiger partial charge on any atom is 0.179 e. The minimum Gasteiger partial charge on any atom is -0.381 e. The molecular formula is C10H15NOS. The van der Waals surface area contributed by atoms with Gasteiger partial charge in [-0.3, -0.25) is 4.79 Å². The molecule has 0 saturated carbocycles. The van der Waals surface area contributed by atoms with E-state index in [2.05, 4.69) is 5.32 Å². The SMILES string of the molecule is O=C1CCCCCC2=C1NCCS2. The molecule has 1 aliphatic carbocycles. The van der Waals surface area contributed by atoms with Gasteiger partial charge in [-0.05, 0) is 19.3 Å². The molecule has 1 heterocycles. The molecule has 0 aromatic heterocycles. The lowest BCUT2D eigenvalue weighted by atomic mass is 10.0. The largest absolute Gasteiger partial charge is 0.381 e. The van der Waals surface area contributed by atoms with Gasteiger partial charge in [-0.15, -0.1) is 11.8 Å². The zero-order valence-electron chi connectivity index (χ0n) is 7.77. The molecule has 2 nitrogen and oxygen atoms in total. The average molecular weight is 197 g/mol. The quantitative estimate of drug-likeness (QED) is 0.644. The molecule has 1 aliphatic heterocycles. The molecule has 2 rings (SSSR count). The first kappa shape index (κ1) is 9.13. The van der Waals surface area contributed by atoms with Crippen molar-refractivity contribution in [2.45, 2.75) is 32.1 Å². The van der Waals surface area contributed by atoms with Crippen LogP contribution in [0.25, 0.3) is 0 Å². The van der Waals surface area contributed by atoms with E-state index in [0.717, 1.165) is 37.3 Å². The molecule has 0 unspecified atom stereocenters. The number of Topliss-reactive ketones (excluding diaryl/α,β-unsaturated/α-hetero) is 1. The molecule has 2 aliphatic rings. The lowest BCUT2D eigenvalue weighted by Gasteiger charge is -2.22. The molecule has 3 heteroatoms. The van der Waals surface area contributed by atoms with Gasteiger partial charge in [0.15, 0.2) is 5.78 Å². The van der Waals surface area contributed by atoms with Crippen molar-refractivity contribution < 1.29 is 4.79 Å². The Morgan fingerprint density at radius 2 is 2.00 bits per heavy atom. The van der Waals surface area contributed by atoms with Crippen LogP contribution in [0.15, 0.2) is 10.6 Å². The minimum atomic E-state index is 0.335. The van der Waals surface area contributed by atoms with E-state index in [9.17, 15) is 4.79 Å². The minimum absolute atomic E-state index is 0.335. The Balaban J connectivity index is 2.20. The van der Waals surface area contributed by atoms with Crippen LogP contribution < -0.4 is 5.32 Å². The summed E-state index contributed by atoms with van der Waals surface area (Å²) in [5.74, 6) is 1.45. The molecule has 0 saturated heterocycles. The summed E-state index contributed by atoms with van der Waals surface area (Å²) < 4.78 is 0. The van der Waals surface area contributed by atoms with Gasteiger partial charge >= 0.3 is 0 Å². The molecule has 0 aromatic rings. The van der Waals surface area contributed by atoms with Crippen molar-refractivity contribution in [1.82, 2.24) is 5.32 Å². The lowest BCUT2D eigenvalue weighted by molar-refractivity contribution is -0.116. The molecule has 0 radical (unpaired) electrons. The monoisotopic (exact) mass is 197 g/mol. The Morgan fingerprint density at radius 3 is 2.92 bits per heavy atom. The molecular weight excluding hydrogens is 182 g/mol. The van der Waals surface area contributed by atoms with Gasteiger partial charge in [0.2, 0.25) is 0 Å². The highest BCUT2D eigenvalue weighted by Crippen LogP contribution is 2.30. The predicted octanol–water partition coefficient (Wildman–Crippen LogP) is 2.07. The molecule has 0 fully saturated rings. The molecule has 0 amide bonds. The number of allylic oxidation sites excluding steroid dienone is 2. The second-order valence-electron chi connectivity index (χ2n) is 3.56. The van der Waals surface area contributed by atoms with Gasteiger partial charge in [-0.25, -0.2) is 0 Å². The number of thioether (sulfide) groups is 1. The van der Waals surface area contributed by atoms with Crippen molar-refractivity contribution in [2.24, 2.45) is 0 Å². The van der Waals surface area contributed by atoms with E-state index in [-0.39, 0.29) is 0 Å². The van der Waals surface area contributed by atoms with Gasteiger partial charge in [0.1, 0.15) is 0 Å². The van der Waals surface area contributed by atoms with Gasteiger partial charge in [0.25, 0.3) is 0 Å². The summed E-state index contributed by atoms with van der Waals surface area (Å²) in [6.45, 7) is 0.954. The van der Waals surface area contributed by atoms with Crippen molar-refractivity contribution in [2.75, 3.05) is 12.3 Å². The van der Waals surface area contributed by atoms with Crippen molar-refractivity contribution in [1.29, 1.82) is 0 Å². The number of nitrogens with one attached hydrogen (secondary N) is 1. The standard InChI is InChI=1S/C10H15NOS/c12-8-4-2-1-3-5-9-10(8)11-6-7-13-9/h11H,1-7H2. The third kappa shape index (κ3) is 2.08. The Kier molecular flexibility index (Phi) is 2.94. The van der Waals surface area contributed by atoms with Crippen LogP contribution in [-0.4, -0.2) is 18.1 Å². The number of carbonyl (C=O) groups is 1. The van der Waals surface area contributed by atoms with Gasteiger partial charge in [-0.1, -0.05) is 6.42 Å². The maximum atomic E-state index is 11.7. The van der Waals surface area contributed by atoms with Gasteiger partial charge < -0.3 is 5.32 Å². The summed E-state index contributed by atoms with van der Waals surface area (Å²) >= 11 is 1.87. The third-order valence-corrected chi connectivity index (χ3v) is 3.71. The van der Waals surface area contributed by atoms with E-state index >= 15 is 0 Å². The average Bonchev–Trinajstić information content (AvgIpc) is 2.14. The second-order valence-corrected chi connectivity index (χ2v) is 4.75. The van der Waals surface area contributed by atoms with Crippen LogP contribution in [-0.2, 0) is 4.79 Å². The fourth-order valence-electron chi connectivity index (χ4n) is 1.85. The highest BCUT2D eigenvalue weighted by atomic mass is 32.2. The van der Waals surface area contributed by atoms with Gasteiger partial charge in [-0.2, -0.15) is 0 Å². The molecule has 13 heavy (non-hydrogen) atoms. The van der Waals surface area contributed by atoms with Crippen molar-refractivity contribution >= 4 is 17.5 Å². The Morgan fingerprint density at radius 1 is 1.15 bits per heavy atom. The zero-order chi connectivity index (χ0) is 9.10. The van der Waals surface area contributed by atoms with Crippen LogP contribution in [0, 0.1) is 0 Å². The summed E-state index contributed by atoms with van der Waals surface area (Å²) in [4.78, 5) is 13.0. The Labute approximate surface area is 83.2 Å². The van der Waals surface area contributed by atoms with E-state index < -0.39 is 0 Å². The predicted molar refractivity (Wildman–Crippen MR) is 55.6 cm³/mol. The number of carbonyl (C=O) groups excluding carboxylic acids is 1. The first-order valence-electron chi connectivity index (χ1n) is 5.01. The molecule has 0 bridgehead atoms. The van der Waals surface area contributed by atoms with E-state index in [1.807, 2.05) is 11.8 Å². The third-order valence-electron chi connectivity index (χ3n) is 2.55. The summed E-state index contributed by atoms with van der Waals surface area (Å²) in [5.41, 5.74) is 0.941. The summed E-state index contributed by atoms with van der Waals surface area (Å²) in [7, 11) is 0. The maximum absolute atomic E-state index is 11.7. The van der Waals surface area contributed by atoms with Crippen molar-refractivity contribution in [3.63, 3.8) is 0 Å². The zero-order valence-corrected chi connectivity index (χ0v) is 8.58. The lowest BCUT2D eigenvalue weighted by Crippen LogP contribution is -2.28. The fourth-order valence-corrected chi connectivity index (χ4v) is 2.91. The van der Waals surface area contributed by atoms with Crippen LogP contribution >= 0.6 is 11.8 Å². The van der Waals surface area contributed by atoms with Crippen LogP contribution in [0.1, 0.15) is 32.1 Å². The molecule has 0 spiro atoms. The van der Waals surface area contributed by atoms with Crippen LogP contribution in [0.5, 0.6) is 0 Å². The molecule has 1 N–H and O–H groups in total. The first-order chi connectivity index (χ1) is 6.38. The van der Waals surface area contributed by atoms with Crippen LogP contribution in [0.3, 0.4) is 0 Å². The second kappa shape index (κ2) is 4.18. The number of ketones is 1. The summed E-state index contributed by atoms with van der Waals surface area (Å²) in [6, 6.07) is 0. The van der Waals surface area contributed by atoms with E-state index in [0.29, 0.717) is 5.78 Å². The van der Waals surface area contributed by atoms with Crippen molar-refractivity contribution in [3.8, 4) is 0 Å². The molecule has 0 aromatic carbocycles. The summed E-state index contributed by atoms with van der Waals surface area (Å²) in [6.07, 6.45) is 5.39. The topological polar surface area (TPSA) is 29.1 Å². The highest BCUT2D eigenvalue weighted by Gasteiger charge is 2.20. The van der Waals surface area contributed by atoms with Crippen LogP contribution in [0.2, 0.25) is 0 Å². The number of rotatable bonds is 0. The molecule has 72 valence electrons. The van der Waals surface area contributed by atoms with Gasteiger partial charge in [0.05, 0.1) is 5.70 Å². The van der Waals surface area contributed by atoms with E-state index in [1.54, 1.807) is 0 Å². The van der Waals surface area contributed by atoms with E-state index in [4.69, 9.17) is 0 Å². The Hall–Kier alpha value is -0.440. The van der Waals surface area contributed by atoms with Gasteiger partial charge in [0, 0.05) is 23.6 Å². The normalized spacial score (nSPS) is 24.5. The van der Waals surface area contributed by atoms with Crippen LogP contribution in [0.4, 0.5) is 0 Å². The number of hydrogen-bond donors (Lipinski definition) is 1. The number of hydrogen-bond acceptors (Lipinski definition) is 3. The smallest absolute Gasteiger partial charge is 0.179 e.